The molecule has 0 aromatic heterocycles. The second-order valence-electron chi connectivity index (χ2n) is 43.0. The molecule has 0 rings (SSSR count). The van der Waals surface area contributed by atoms with Gasteiger partial charge in [-0.05, 0) is 91.9 Å². The maximum absolute atomic E-state index is 11.4. The Morgan fingerprint density at radius 2 is 0.172 bits per heavy atom. The molecule has 0 aliphatic carbocycles. The first-order chi connectivity index (χ1) is 44.4. The van der Waals surface area contributed by atoms with Crippen LogP contribution in [0, 0.1) is 86.6 Å². The van der Waals surface area contributed by atoms with E-state index in [2.05, 4.69) is 0 Å². The third-order valence-electron chi connectivity index (χ3n) is 13.9. The standard InChI is InChI=1S/8C11H20O2.4Mo.8O/c8*1-10(2,3)8(12)7-9(13)11(4,5)6;;;;;;;;;;;;/h8*7,12H,1-6H3;;;;;;;;;;;;/q;;;;;;;;;;;;8*-2/p-8/b8*8-7-;;;;;;;;;;;;. The maximum Gasteiger partial charge on any atom is 0.160 e. The van der Waals surface area contributed by atoms with Crippen LogP contribution in [0.3, 0.4) is 0 Å². The number of hydrogen-bond donors (Lipinski definition) is 0. The molecule has 0 aromatic rings. The van der Waals surface area contributed by atoms with Gasteiger partial charge in [0.05, 0.1) is 0 Å². The van der Waals surface area contributed by atoms with Gasteiger partial charge in [0.2, 0.25) is 0 Å². The summed E-state index contributed by atoms with van der Waals surface area (Å²) in [6, 6.07) is 0. The summed E-state index contributed by atoms with van der Waals surface area (Å²) in [5.41, 5.74) is -7.32. The van der Waals surface area contributed by atoms with Crippen LogP contribution in [-0.4, -0.2) is 46.3 Å². The molecule has 0 aliphatic rings. The molecule has 0 spiro atoms. The summed E-state index contributed by atoms with van der Waals surface area (Å²) in [4.78, 5) is 91.6. The van der Waals surface area contributed by atoms with Crippen LogP contribution in [0.4, 0.5) is 0 Å². The molecule has 0 aliphatic heterocycles. The Labute approximate surface area is 761 Å². The Morgan fingerprint density at radius 3 is 0.198 bits per heavy atom. The van der Waals surface area contributed by atoms with Crippen LogP contribution in [0.15, 0.2) is 94.7 Å². The van der Waals surface area contributed by atoms with Crippen molar-refractivity contribution in [3.63, 3.8) is 0 Å². The van der Waals surface area contributed by atoms with Gasteiger partial charge in [-0.3, -0.25) is 38.4 Å². The van der Waals surface area contributed by atoms with Crippen molar-refractivity contribution in [2.24, 2.45) is 86.6 Å². The first kappa shape index (κ1) is 163. The number of carbonyl (C=O) groups is 8. The molecule has 0 unspecified atom stereocenters. The molecule has 0 radical (unpaired) electrons. The fourth-order valence-electron chi connectivity index (χ4n) is 4.42. The molecule has 24 nitrogen and oxygen atoms in total. The minimum absolute atomic E-state index is 0. The zero-order valence-electron chi connectivity index (χ0n) is 80.0. The number of carbonyl (C=O) groups excluding carboxylic acids is 8. The second kappa shape index (κ2) is 61.4. The maximum atomic E-state index is 11.4. The first-order valence-electron chi connectivity index (χ1n) is 35.9. The molecular formula is C88H152Mo4O24-24. The normalized spacial score (nSPS) is 13.0. The van der Waals surface area contributed by atoms with Gasteiger partial charge >= 0.3 is 0 Å². The summed E-state index contributed by atoms with van der Waals surface area (Å²) < 4.78 is 0. The van der Waals surface area contributed by atoms with E-state index in [-0.39, 0.29) is 220 Å². The zero-order valence-corrected chi connectivity index (χ0v) is 88.1. The van der Waals surface area contributed by atoms with E-state index >= 15 is 0 Å². The Morgan fingerprint density at radius 1 is 0.129 bits per heavy atom. The van der Waals surface area contributed by atoms with Crippen molar-refractivity contribution in [2.75, 3.05) is 0 Å². The van der Waals surface area contributed by atoms with Gasteiger partial charge < -0.3 is 84.7 Å². The summed E-state index contributed by atoms with van der Waals surface area (Å²) in [6.45, 7) is 86.8. The summed E-state index contributed by atoms with van der Waals surface area (Å²) >= 11 is 0. The van der Waals surface area contributed by atoms with E-state index in [9.17, 15) is 79.2 Å². The molecule has 0 saturated heterocycles. The quantitative estimate of drug-likeness (QED) is 0.124. The van der Waals surface area contributed by atoms with Crippen LogP contribution in [0.25, 0.3) is 0 Å². The van der Waals surface area contributed by atoms with Crippen molar-refractivity contribution in [1.29, 1.82) is 0 Å². The van der Waals surface area contributed by atoms with E-state index in [1.807, 2.05) is 332 Å². The third kappa shape index (κ3) is 85.1. The fourth-order valence-corrected chi connectivity index (χ4v) is 4.42. The van der Waals surface area contributed by atoms with Gasteiger partial charge in [0.1, 0.15) is 0 Å². The molecule has 0 bridgehead atoms. The Kier molecular flexibility index (Phi) is 86.4. The van der Waals surface area contributed by atoms with Crippen molar-refractivity contribution >= 4 is 46.3 Å². The van der Waals surface area contributed by atoms with E-state index in [0.29, 0.717) is 0 Å². The van der Waals surface area contributed by atoms with Crippen LogP contribution in [0.2, 0.25) is 0 Å². The molecule has 0 atom stereocenters. The predicted octanol–water partition coefficient (Wildman–Crippen LogP) is 14.2. The minimum atomic E-state index is -0.457. The molecule has 0 N–H and O–H groups in total. The van der Waals surface area contributed by atoms with Crippen molar-refractivity contribution in [3.8, 4) is 0 Å². The van der Waals surface area contributed by atoms with E-state index in [0.717, 1.165) is 0 Å². The van der Waals surface area contributed by atoms with E-state index in [1.54, 1.807) is 0 Å². The SMILES string of the molecule is CC(C)(C)C(=O)/C=C(\[O-])C(C)(C)C.CC(C)(C)C(=O)/C=C(\[O-])C(C)(C)C.CC(C)(C)C(=O)/C=C(\[O-])C(C)(C)C.CC(C)(C)C(=O)/C=C(\[O-])C(C)(C)C.CC(C)(C)C(=O)/C=C(\[O-])C(C)(C)C.CC(C)(C)C(=O)/C=C(\[O-])C(C)(C)C.CC(C)(C)C(=O)/C=C(\[O-])C(C)(C)C.CC(C)(C)C(=O)/C=C(\[O-])C(C)(C)C.[Mo].[Mo].[Mo].[Mo].[O-2].[O-2].[O-2].[O-2].[O-2].[O-2].[O-2].[O-2]. The molecule has 696 valence electrons. The number of hydrogen-bond acceptors (Lipinski definition) is 16. The molecule has 28 heteroatoms. The largest absolute Gasteiger partial charge is 2.00 e. The van der Waals surface area contributed by atoms with E-state index in [4.69, 9.17) is 0 Å². The number of allylic oxidation sites excluding steroid dienone is 16. The molecule has 0 saturated carbocycles. The topological polar surface area (TPSA) is 549 Å². The molecular weight excluding hydrogens is 1820 g/mol. The minimum Gasteiger partial charge on any atom is -2.00 e. The smallest absolute Gasteiger partial charge is 0.160 e. The molecule has 0 aromatic carbocycles. The summed E-state index contributed by atoms with van der Waals surface area (Å²) in [5, 5.41) is 91.6. The molecule has 0 heterocycles. The van der Waals surface area contributed by atoms with Crippen molar-refractivity contribution in [2.45, 2.75) is 332 Å². The molecule has 0 amide bonds. The van der Waals surface area contributed by atoms with Gasteiger partial charge in [0.25, 0.3) is 0 Å². The zero-order chi connectivity index (χ0) is 86.9. The fraction of sp³-hybridized carbons (Fsp3) is 0.727. The average molecular weight is 1980 g/mol. The average Bonchev–Trinajstić information content (AvgIpc) is 0.915. The van der Waals surface area contributed by atoms with Gasteiger partial charge in [-0.1, -0.05) is 332 Å². The Hall–Kier alpha value is -3.89. The van der Waals surface area contributed by atoms with Crippen LogP contribution in [0.1, 0.15) is 332 Å². The Bertz CT molecular complexity index is 2460. The van der Waals surface area contributed by atoms with Crippen LogP contribution < -0.4 is 40.9 Å². The van der Waals surface area contributed by atoms with Gasteiger partial charge in [0.15, 0.2) is 46.3 Å². The van der Waals surface area contributed by atoms with E-state index in [1.165, 1.54) is 48.6 Å². The van der Waals surface area contributed by atoms with Crippen LogP contribution >= 0.6 is 0 Å². The first-order valence-corrected chi connectivity index (χ1v) is 35.9. The summed E-state index contributed by atoms with van der Waals surface area (Å²) in [7, 11) is 0. The van der Waals surface area contributed by atoms with Gasteiger partial charge in [-0.25, -0.2) is 0 Å². The van der Waals surface area contributed by atoms with Crippen LogP contribution in [-0.2, 0) is 166 Å². The van der Waals surface area contributed by atoms with Gasteiger partial charge in [0, 0.05) is 128 Å². The summed E-state index contributed by atoms with van der Waals surface area (Å²) in [5.74, 6) is -1.67. The number of rotatable bonds is 8. The van der Waals surface area contributed by atoms with Gasteiger partial charge in [-0.15, -0.1) is 46.1 Å². The number of ketones is 8. The van der Waals surface area contributed by atoms with Crippen molar-refractivity contribution in [1.82, 2.24) is 0 Å². The Balaban J connectivity index is -0.0000000497. The monoisotopic (exact) mass is 1980 g/mol. The van der Waals surface area contributed by atoms with Crippen molar-refractivity contribution < 1.29 is 207 Å². The second-order valence-corrected chi connectivity index (χ2v) is 43.0. The van der Waals surface area contributed by atoms with Gasteiger partial charge in [-0.2, -0.15) is 0 Å². The van der Waals surface area contributed by atoms with E-state index < -0.39 is 86.6 Å². The predicted molar refractivity (Wildman–Crippen MR) is 421 cm³/mol. The van der Waals surface area contributed by atoms with Crippen molar-refractivity contribution in [3.05, 3.63) is 94.7 Å². The summed E-state index contributed by atoms with van der Waals surface area (Å²) in [6.07, 6.45) is 9.78. The third-order valence-corrected chi connectivity index (χ3v) is 13.9. The van der Waals surface area contributed by atoms with Crippen LogP contribution in [0.5, 0.6) is 0 Å². The molecule has 116 heavy (non-hydrogen) atoms. The molecule has 0 fully saturated rings.